The molecule has 5 amide bonds. The standard InChI is InChI=1S/C39H60N7O12P/c1-26(2)20-30(42-38(52)34-17-13-19-46(34)27(3)48)35(49)41-31(36(50)43-32(23-47)37(51)44-33(39(53)54)24-58-59(55,56)57)21-29-22-40-25-45(29)18-12-7-5-4-6-9-14-28-15-10-8-11-16-28/h8,10-11,15-16,22,25-26,30-34,47H,4-7,9,12-14,17-21,23-24H2,1-3H3,(H,41,49)(H,42,52)(H,43,50)(H,44,51)(H,53,54)(H2,55,56,57)/t30-,31-,32-,33-,34-/m0/s1. The number of unbranched alkanes of at least 4 members (excludes halogenated alkanes) is 5. The molecule has 59 heavy (non-hydrogen) atoms. The minimum atomic E-state index is -5.11. The molecule has 0 saturated carbocycles. The molecular formula is C39H60N7O12P. The molecule has 0 aliphatic carbocycles. The number of rotatable bonds is 26. The Morgan fingerprint density at radius 3 is 2.10 bits per heavy atom. The fraction of sp³-hybridized carbons (Fsp3) is 0.615. The zero-order chi connectivity index (χ0) is 43.5. The topological polar surface area (TPSA) is 279 Å². The van der Waals surface area contributed by atoms with E-state index in [1.54, 1.807) is 6.33 Å². The van der Waals surface area contributed by atoms with Gasteiger partial charge in [0.25, 0.3) is 0 Å². The molecule has 19 nitrogen and oxygen atoms in total. The van der Waals surface area contributed by atoms with Crippen LogP contribution in [0.25, 0.3) is 0 Å². The lowest BCUT2D eigenvalue weighted by Gasteiger charge is -2.28. The van der Waals surface area contributed by atoms with Crippen LogP contribution in [0.15, 0.2) is 42.9 Å². The Bertz CT molecular complexity index is 1740. The van der Waals surface area contributed by atoms with Crippen LogP contribution in [0.3, 0.4) is 0 Å². The van der Waals surface area contributed by atoms with E-state index in [0.717, 1.165) is 44.9 Å². The molecule has 1 aliphatic heterocycles. The van der Waals surface area contributed by atoms with Crippen LogP contribution in [0.1, 0.15) is 89.8 Å². The molecule has 1 aliphatic rings. The van der Waals surface area contributed by atoms with Crippen LogP contribution >= 0.6 is 7.82 Å². The lowest BCUT2D eigenvalue weighted by molar-refractivity contribution is -0.143. The van der Waals surface area contributed by atoms with Gasteiger partial charge in [0.1, 0.15) is 24.2 Å². The smallest absolute Gasteiger partial charge is 0.469 e. The van der Waals surface area contributed by atoms with Crippen molar-refractivity contribution < 1.29 is 57.9 Å². The summed E-state index contributed by atoms with van der Waals surface area (Å²) in [6, 6.07) is 3.34. The van der Waals surface area contributed by atoms with Crippen molar-refractivity contribution in [3.05, 3.63) is 54.1 Å². The zero-order valence-corrected chi connectivity index (χ0v) is 34.9. The van der Waals surface area contributed by atoms with E-state index in [9.17, 15) is 43.5 Å². The third-order valence-corrected chi connectivity index (χ3v) is 10.4. The summed E-state index contributed by atoms with van der Waals surface area (Å²) in [6.07, 6.45) is 11.4. The monoisotopic (exact) mass is 849 g/mol. The molecule has 2 aromatic rings. The van der Waals surface area contributed by atoms with E-state index in [4.69, 9.17) is 9.79 Å². The highest BCUT2D eigenvalue weighted by atomic mass is 31.2. The lowest BCUT2D eigenvalue weighted by atomic mass is 10.0. The van der Waals surface area contributed by atoms with Crippen LogP contribution in [0.5, 0.6) is 0 Å². The summed E-state index contributed by atoms with van der Waals surface area (Å²) in [5, 5.41) is 29.3. The summed E-state index contributed by atoms with van der Waals surface area (Å²) in [5.74, 6) is -5.46. The Morgan fingerprint density at radius 2 is 1.47 bits per heavy atom. The number of carboxylic acids is 1. The number of nitrogens with zero attached hydrogens (tertiary/aromatic N) is 3. The second kappa shape index (κ2) is 24.4. The molecule has 0 unspecified atom stereocenters. The number of nitrogens with one attached hydrogen (secondary N) is 4. The summed E-state index contributed by atoms with van der Waals surface area (Å²) in [6.45, 7) is 3.88. The summed E-state index contributed by atoms with van der Waals surface area (Å²) in [7, 11) is -5.11. The number of aliphatic hydroxyl groups is 1. The molecule has 2 heterocycles. The molecule has 1 fully saturated rings. The second-order valence-corrected chi connectivity index (χ2v) is 16.4. The van der Waals surface area contributed by atoms with Crippen molar-refractivity contribution in [2.45, 2.75) is 128 Å². The summed E-state index contributed by atoms with van der Waals surface area (Å²) < 4.78 is 17.2. The average molecular weight is 850 g/mol. The first-order valence-electron chi connectivity index (χ1n) is 20.0. The molecular weight excluding hydrogens is 789 g/mol. The molecule has 20 heteroatoms. The van der Waals surface area contributed by atoms with Gasteiger partial charge in [-0.15, -0.1) is 0 Å². The predicted molar refractivity (Wildman–Crippen MR) is 214 cm³/mol. The molecule has 1 saturated heterocycles. The van der Waals surface area contributed by atoms with Crippen molar-refractivity contribution in [2.24, 2.45) is 5.92 Å². The SMILES string of the molecule is CC(=O)N1CCC[C@H]1C(=O)N[C@@H](CC(C)C)C(=O)N[C@@H](Cc1cncn1CCCCCCCCc1ccccc1)C(=O)N[C@@H](CO)C(=O)N[C@@H](COP(=O)(O)O)C(=O)O. The number of aliphatic carboxylic acids is 1. The number of amides is 5. The molecule has 5 atom stereocenters. The quantitative estimate of drug-likeness (QED) is 0.0489. The molecule has 0 bridgehead atoms. The number of benzene rings is 1. The van der Waals surface area contributed by atoms with E-state index in [1.165, 1.54) is 23.6 Å². The fourth-order valence-corrected chi connectivity index (χ4v) is 7.19. The van der Waals surface area contributed by atoms with E-state index in [1.807, 2.05) is 41.9 Å². The number of phosphoric ester groups is 1. The highest BCUT2D eigenvalue weighted by Crippen LogP contribution is 2.35. The Morgan fingerprint density at radius 1 is 0.864 bits per heavy atom. The lowest BCUT2D eigenvalue weighted by Crippen LogP contribution is -2.60. The van der Waals surface area contributed by atoms with Crippen LogP contribution in [0.2, 0.25) is 0 Å². The highest BCUT2D eigenvalue weighted by molar-refractivity contribution is 7.46. The van der Waals surface area contributed by atoms with E-state index in [0.29, 0.717) is 31.6 Å². The minimum absolute atomic E-state index is 0.0877. The molecule has 1 aromatic heterocycles. The molecule has 8 N–H and O–H groups in total. The number of imidazole rings is 1. The van der Waals surface area contributed by atoms with Gasteiger partial charge < -0.3 is 50.7 Å². The van der Waals surface area contributed by atoms with E-state index in [2.05, 4.69) is 37.6 Å². The Labute approximate surface area is 344 Å². The Balaban J connectivity index is 1.74. The number of likely N-dealkylation sites (tertiary alicyclic amines) is 1. The predicted octanol–water partition coefficient (Wildman–Crippen LogP) is 1.19. The van der Waals surface area contributed by atoms with Gasteiger partial charge >= 0.3 is 13.8 Å². The third-order valence-electron chi connectivity index (χ3n) is 9.94. The molecule has 328 valence electrons. The van der Waals surface area contributed by atoms with Crippen molar-refractivity contribution in [3.8, 4) is 0 Å². The van der Waals surface area contributed by atoms with Crippen LogP contribution in [-0.2, 0) is 57.2 Å². The number of carboxylic acid groups (broad SMARTS) is 1. The van der Waals surface area contributed by atoms with E-state index in [-0.39, 0.29) is 24.7 Å². The van der Waals surface area contributed by atoms with Crippen LogP contribution < -0.4 is 21.3 Å². The van der Waals surface area contributed by atoms with Crippen molar-refractivity contribution >= 4 is 43.3 Å². The number of carbonyl (C=O) groups is 6. The Kier molecular flexibility index (Phi) is 20.1. The minimum Gasteiger partial charge on any atom is -0.480 e. The van der Waals surface area contributed by atoms with Gasteiger partial charge in [-0.3, -0.25) is 28.5 Å². The van der Waals surface area contributed by atoms with Crippen molar-refractivity contribution in [1.29, 1.82) is 0 Å². The van der Waals surface area contributed by atoms with Gasteiger partial charge in [-0.25, -0.2) is 14.3 Å². The van der Waals surface area contributed by atoms with Gasteiger partial charge in [-0.1, -0.05) is 69.9 Å². The first kappa shape index (κ1) is 48.7. The summed E-state index contributed by atoms with van der Waals surface area (Å²) in [5.41, 5.74) is 1.88. The number of aromatic nitrogens is 2. The highest BCUT2D eigenvalue weighted by Gasteiger charge is 2.36. The van der Waals surface area contributed by atoms with Gasteiger partial charge in [-0.2, -0.15) is 0 Å². The molecule has 3 rings (SSSR count). The summed E-state index contributed by atoms with van der Waals surface area (Å²) >= 11 is 0. The second-order valence-electron chi connectivity index (χ2n) is 15.2. The number of carbonyl (C=O) groups excluding carboxylic acids is 5. The van der Waals surface area contributed by atoms with Gasteiger partial charge in [0.05, 0.1) is 19.5 Å². The maximum absolute atomic E-state index is 14.0. The molecule has 0 radical (unpaired) electrons. The zero-order valence-electron chi connectivity index (χ0n) is 34.0. The molecule has 0 spiro atoms. The van der Waals surface area contributed by atoms with Gasteiger partial charge in [0.15, 0.2) is 6.04 Å². The first-order valence-corrected chi connectivity index (χ1v) is 21.6. The fourth-order valence-electron chi connectivity index (χ4n) is 6.85. The normalized spacial score (nSPS) is 16.2. The largest absolute Gasteiger partial charge is 0.480 e. The van der Waals surface area contributed by atoms with E-state index >= 15 is 0 Å². The van der Waals surface area contributed by atoms with Crippen LogP contribution in [-0.4, -0.2) is 120 Å². The summed E-state index contributed by atoms with van der Waals surface area (Å²) in [4.78, 5) is 102. The number of aliphatic hydroxyl groups excluding tert-OH is 1. The van der Waals surface area contributed by atoms with Crippen LogP contribution in [0, 0.1) is 5.92 Å². The van der Waals surface area contributed by atoms with Gasteiger partial charge in [0.2, 0.25) is 29.5 Å². The number of hydrogen-bond acceptors (Lipinski definition) is 10. The van der Waals surface area contributed by atoms with Crippen molar-refractivity contribution in [3.63, 3.8) is 0 Å². The van der Waals surface area contributed by atoms with Gasteiger partial charge in [0, 0.05) is 38.3 Å². The van der Waals surface area contributed by atoms with Crippen molar-refractivity contribution in [2.75, 3.05) is 19.8 Å². The maximum Gasteiger partial charge on any atom is 0.469 e. The van der Waals surface area contributed by atoms with Gasteiger partial charge in [-0.05, 0) is 50.0 Å². The average Bonchev–Trinajstić information content (AvgIpc) is 3.86. The van der Waals surface area contributed by atoms with E-state index < -0.39 is 80.8 Å². The third kappa shape index (κ3) is 17.2. The number of aryl methyl sites for hydroxylation is 2. The molecule has 1 aromatic carbocycles. The van der Waals surface area contributed by atoms with Crippen LogP contribution in [0.4, 0.5) is 0 Å². The number of phosphoric acid groups is 1. The maximum atomic E-state index is 14.0. The van der Waals surface area contributed by atoms with Crippen molar-refractivity contribution in [1.82, 2.24) is 35.7 Å². The first-order chi connectivity index (χ1) is 28.0. The number of hydrogen-bond donors (Lipinski definition) is 8. The Hall–Kier alpha value is -4.68.